The molecule has 0 aromatic carbocycles. The highest BCUT2D eigenvalue weighted by Crippen LogP contribution is 2.20. The molecule has 3 heterocycles. The molecule has 1 aliphatic rings. The van der Waals surface area contributed by atoms with Crippen LogP contribution in [0.15, 0.2) is 41.7 Å². The van der Waals surface area contributed by atoms with Gasteiger partial charge < -0.3 is 9.47 Å². The van der Waals surface area contributed by atoms with Crippen LogP contribution >= 0.6 is 0 Å². The van der Waals surface area contributed by atoms with Crippen molar-refractivity contribution in [1.29, 1.82) is 0 Å². The van der Waals surface area contributed by atoms with Crippen molar-refractivity contribution in [2.75, 3.05) is 25.0 Å². The molecular formula is C17H23N5O. The van der Waals surface area contributed by atoms with Gasteiger partial charge in [-0.15, -0.1) is 0 Å². The summed E-state index contributed by atoms with van der Waals surface area (Å²) in [6, 6.07) is 6.05. The highest BCUT2D eigenvalue weighted by molar-refractivity contribution is 5.36. The largest absolute Gasteiger partial charge is 0.356 e. The van der Waals surface area contributed by atoms with Gasteiger partial charge in [-0.05, 0) is 24.5 Å². The Morgan fingerprint density at radius 1 is 1.26 bits per heavy atom. The lowest BCUT2D eigenvalue weighted by Crippen LogP contribution is -2.43. The van der Waals surface area contributed by atoms with Crippen LogP contribution in [0.25, 0.3) is 0 Å². The van der Waals surface area contributed by atoms with E-state index in [1.165, 1.54) is 5.56 Å². The van der Waals surface area contributed by atoms with Crippen LogP contribution in [-0.2, 0) is 13.6 Å². The van der Waals surface area contributed by atoms with Gasteiger partial charge in [0.2, 0.25) is 5.56 Å². The molecule has 1 aliphatic heterocycles. The van der Waals surface area contributed by atoms with E-state index < -0.39 is 0 Å². The molecule has 0 saturated carbocycles. The van der Waals surface area contributed by atoms with Gasteiger partial charge >= 0.3 is 0 Å². The second kappa shape index (κ2) is 6.91. The Hall–Kier alpha value is -2.21. The van der Waals surface area contributed by atoms with E-state index in [1.807, 2.05) is 18.3 Å². The van der Waals surface area contributed by atoms with Crippen LogP contribution in [0.5, 0.6) is 0 Å². The fourth-order valence-corrected chi connectivity index (χ4v) is 3.15. The molecule has 0 amide bonds. The number of aryl methyl sites for hydroxylation is 1. The van der Waals surface area contributed by atoms with Gasteiger partial charge in [-0.3, -0.25) is 9.69 Å². The van der Waals surface area contributed by atoms with Gasteiger partial charge in [-0.25, -0.2) is 9.97 Å². The number of pyridine rings is 1. The fraction of sp³-hybridized carbons (Fsp3) is 0.471. The van der Waals surface area contributed by atoms with Gasteiger partial charge in [0.05, 0.1) is 0 Å². The van der Waals surface area contributed by atoms with E-state index in [2.05, 4.69) is 26.8 Å². The average Bonchev–Trinajstić information content (AvgIpc) is 2.59. The van der Waals surface area contributed by atoms with Crippen LogP contribution in [0.3, 0.4) is 0 Å². The van der Waals surface area contributed by atoms with Crippen LogP contribution in [0.4, 0.5) is 5.82 Å². The molecule has 1 fully saturated rings. The highest BCUT2D eigenvalue weighted by Gasteiger charge is 2.23. The first-order valence-electron chi connectivity index (χ1n) is 8.00. The van der Waals surface area contributed by atoms with Crippen LogP contribution < -0.4 is 10.5 Å². The molecule has 3 rings (SSSR count). The van der Waals surface area contributed by atoms with E-state index in [0.717, 1.165) is 38.3 Å². The molecule has 6 heteroatoms. The van der Waals surface area contributed by atoms with Gasteiger partial charge in [0.25, 0.3) is 0 Å². The van der Waals surface area contributed by atoms with Crippen LogP contribution in [0.2, 0.25) is 0 Å². The third-order valence-electron chi connectivity index (χ3n) is 4.59. The molecule has 0 aliphatic carbocycles. The number of anilines is 1. The van der Waals surface area contributed by atoms with Crippen molar-refractivity contribution in [2.45, 2.75) is 25.4 Å². The lowest BCUT2D eigenvalue weighted by Gasteiger charge is -2.37. The first-order chi connectivity index (χ1) is 11.1. The van der Waals surface area contributed by atoms with Crippen molar-refractivity contribution >= 4 is 5.82 Å². The lowest BCUT2D eigenvalue weighted by atomic mass is 10.0. The summed E-state index contributed by atoms with van der Waals surface area (Å²) < 4.78 is 1.64. The van der Waals surface area contributed by atoms with Crippen LogP contribution in [-0.4, -0.2) is 45.6 Å². The molecule has 0 unspecified atom stereocenters. The summed E-state index contributed by atoms with van der Waals surface area (Å²) in [5.41, 5.74) is 1.23. The summed E-state index contributed by atoms with van der Waals surface area (Å²) in [6.45, 7) is 3.02. The standard InChI is InChI=1S/C17H23N5O/c1-20-11-14(3-4-17(20)23)12-22-9-6-15(7-10-22)21(2)16-5-8-18-13-19-16/h3-5,8,11,13,15H,6-7,9-10,12H2,1-2H3. The van der Waals surface area contributed by atoms with Crippen molar-refractivity contribution in [2.24, 2.45) is 7.05 Å². The summed E-state index contributed by atoms with van der Waals surface area (Å²) in [7, 11) is 3.91. The second-order valence-corrected chi connectivity index (χ2v) is 6.17. The van der Waals surface area contributed by atoms with Gasteiger partial charge in [0, 0.05) is 58.2 Å². The highest BCUT2D eigenvalue weighted by atomic mass is 16.1. The Morgan fingerprint density at radius 3 is 2.70 bits per heavy atom. The summed E-state index contributed by atoms with van der Waals surface area (Å²) in [6.07, 6.45) is 7.55. The zero-order valence-corrected chi connectivity index (χ0v) is 13.7. The summed E-state index contributed by atoms with van der Waals surface area (Å²) >= 11 is 0. The molecule has 0 radical (unpaired) electrons. The quantitative estimate of drug-likeness (QED) is 0.851. The van der Waals surface area contributed by atoms with E-state index in [0.29, 0.717) is 6.04 Å². The fourth-order valence-electron chi connectivity index (χ4n) is 3.15. The molecule has 0 atom stereocenters. The van der Waals surface area contributed by atoms with Crippen LogP contribution in [0, 0.1) is 0 Å². The Bertz CT molecular complexity index is 692. The number of likely N-dealkylation sites (tertiary alicyclic amines) is 1. The van der Waals surface area contributed by atoms with E-state index in [-0.39, 0.29) is 5.56 Å². The minimum Gasteiger partial charge on any atom is -0.356 e. The zero-order chi connectivity index (χ0) is 16.2. The predicted octanol–water partition coefficient (Wildman–Crippen LogP) is 1.28. The van der Waals surface area contributed by atoms with Crippen molar-refractivity contribution in [1.82, 2.24) is 19.4 Å². The summed E-state index contributed by atoms with van der Waals surface area (Å²) in [4.78, 5) is 24.5. The second-order valence-electron chi connectivity index (χ2n) is 6.17. The van der Waals surface area contributed by atoms with Gasteiger partial charge in [-0.1, -0.05) is 6.07 Å². The van der Waals surface area contributed by atoms with Crippen molar-refractivity contribution in [3.8, 4) is 0 Å². The zero-order valence-electron chi connectivity index (χ0n) is 13.7. The van der Waals surface area contributed by atoms with Crippen molar-refractivity contribution in [3.63, 3.8) is 0 Å². The molecular weight excluding hydrogens is 290 g/mol. The molecule has 1 saturated heterocycles. The number of nitrogens with zero attached hydrogens (tertiary/aromatic N) is 5. The Morgan fingerprint density at radius 2 is 2.04 bits per heavy atom. The topological polar surface area (TPSA) is 54.3 Å². The Kier molecular flexibility index (Phi) is 4.71. The summed E-state index contributed by atoms with van der Waals surface area (Å²) in [5, 5.41) is 0. The van der Waals surface area contributed by atoms with E-state index in [4.69, 9.17) is 0 Å². The first-order valence-corrected chi connectivity index (χ1v) is 8.00. The maximum atomic E-state index is 11.4. The number of hydrogen-bond acceptors (Lipinski definition) is 5. The minimum absolute atomic E-state index is 0.0407. The van der Waals surface area contributed by atoms with Gasteiger partial charge in [0.1, 0.15) is 12.1 Å². The lowest BCUT2D eigenvalue weighted by molar-refractivity contribution is 0.203. The molecule has 23 heavy (non-hydrogen) atoms. The normalized spacial score (nSPS) is 16.4. The molecule has 0 spiro atoms. The van der Waals surface area contributed by atoms with E-state index >= 15 is 0 Å². The SMILES string of the molecule is CN(c1ccncn1)C1CCN(Cc2ccc(=O)n(C)c2)CC1. The number of hydrogen-bond donors (Lipinski definition) is 0. The minimum atomic E-state index is 0.0407. The average molecular weight is 313 g/mol. The number of rotatable bonds is 4. The predicted molar refractivity (Wildman–Crippen MR) is 90.4 cm³/mol. The molecule has 2 aromatic rings. The summed E-state index contributed by atoms with van der Waals surface area (Å²) in [5.74, 6) is 0.983. The van der Waals surface area contributed by atoms with Gasteiger partial charge in [0.15, 0.2) is 0 Å². The van der Waals surface area contributed by atoms with Crippen molar-refractivity contribution < 1.29 is 0 Å². The van der Waals surface area contributed by atoms with Crippen molar-refractivity contribution in [3.05, 3.63) is 52.8 Å². The molecule has 0 bridgehead atoms. The third kappa shape index (κ3) is 3.76. The smallest absolute Gasteiger partial charge is 0.250 e. The Labute approximate surface area is 136 Å². The van der Waals surface area contributed by atoms with E-state index in [9.17, 15) is 4.79 Å². The molecule has 0 N–H and O–H groups in total. The van der Waals surface area contributed by atoms with Gasteiger partial charge in [-0.2, -0.15) is 0 Å². The first kappa shape index (κ1) is 15.7. The van der Waals surface area contributed by atoms with E-state index in [1.54, 1.807) is 30.2 Å². The molecule has 2 aromatic heterocycles. The van der Waals surface area contributed by atoms with Crippen LogP contribution in [0.1, 0.15) is 18.4 Å². The maximum Gasteiger partial charge on any atom is 0.250 e. The third-order valence-corrected chi connectivity index (χ3v) is 4.59. The number of aromatic nitrogens is 3. The maximum absolute atomic E-state index is 11.4. The number of piperidine rings is 1. The molecule has 6 nitrogen and oxygen atoms in total. The Balaban J connectivity index is 1.56. The molecule has 122 valence electrons. The monoisotopic (exact) mass is 313 g/mol.